The van der Waals surface area contributed by atoms with Gasteiger partial charge in [-0.05, 0) is 43.1 Å². The largest absolute Gasteiger partial charge is 0.496 e. The maximum absolute atomic E-state index is 5.57. The van der Waals surface area contributed by atoms with E-state index in [0.717, 1.165) is 42.1 Å². The molecule has 0 bridgehead atoms. The molecule has 0 amide bonds. The van der Waals surface area contributed by atoms with Crippen molar-refractivity contribution in [2.45, 2.75) is 31.5 Å². The molecule has 0 spiro atoms. The summed E-state index contributed by atoms with van der Waals surface area (Å²) >= 11 is 0. The van der Waals surface area contributed by atoms with E-state index in [2.05, 4.69) is 52.0 Å². The molecule has 0 saturated carbocycles. The van der Waals surface area contributed by atoms with E-state index in [9.17, 15) is 0 Å². The summed E-state index contributed by atoms with van der Waals surface area (Å²) in [6, 6.07) is 17.5. The molecule has 5 heteroatoms. The topological polar surface area (TPSA) is 59.3 Å². The highest BCUT2D eigenvalue weighted by Gasteiger charge is 2.25. The Hall–Kier alpha value is -2.63. The van der Waals surface area contributed by atoms with Crippen molar-refractivity contribution in [3.8, 4) is 17.0 Å². The highest BCUT2D eigenvalue weighted by Crippen LogP contribution is 2.28. The molecule has 2 heterocycles. The zero-order valence-electron chi connectivity index (χ0n) is 15.5. The van der Waals surface area contributed by atoms with Gasteiger partial charge in [-0.25, -0.2) is 4.98 Å². The quantitative estimate of drug-likeness (QED) is 0.695. The molecular formula is C22H25N3O2. The van der Waals surface area contributed by atoms with Crippen molar-refractivity contribution in [1.29, 1.82) is 0 Å². The molecule has 0 radical (unpaired) electrons. The number of aromatic nitrogens is 1. The Balaban J connectivity index is 1.52. The van der Waals surface area contributed by atoms with Gasteiger partial charge >= 0.3 is 0 Å². The molecular weight excluding hydrogens is 338 g/mol. The maximum Gasteiger partial charge on any atom is 0.181 e. The number of hydrogen-bond donors (Lipinski definition) is 2. The predicted octanol–water partition coefficient (Wildman–Crippen LogP) is 3.93. The fourth-order valence-corrected chi connectivity index (χ4v) is 3.79. The standard InChI is InChI=1S/C22H25N3O2/c1-26-21-10-9-17(20-14-27-15-25-20)12-18(21)13-24-19-8-5-11-23-22(19)16-6-3-2-4-7-16/h2-4,6-7,9-10,12,14-15,19,22-24H,5,8,11,13H2,1H3/t19-,22-/m0/s1. The fraction of sp³-hybridized carbons (Fsp3) is 0.318. The van der Waals surface area contributed by atoms with Gasteiger partial charge in [0.25, 0.3) is 0 Å². The van der Waals surface area contributed by atoms with E-state index < -0.39 is 0 Å². The van der Waals surface area contributed by atoms with Crippen molar-refractivity contribution in [3.63, 3.8) is 0 Å². The summed E-state index contributed by atoms with van der Waals surface area (Å²) in [7, 11) is 1.71. The molecule has 5 nitrogen and oxygen atoms in total. The lowest BCUT2D eigenvalue weighted by atomic mass is 9.92. The van der Waals surface area contributed by atoms with Crippen LogP contribution in [0.25, 0.3) is 11.3 Å². The van der Waals surface area contributed by atoms with Crippen LogP contribution in [-0.4, -0.2) is 24.7 Å². The zero-order chi connectivity index (χ0) is 18.5. The summed E-state index contributed by atoms with van der Waals surface area (Å²) < 4.78 is 10.7. The molecule has 2 N–H and O–H groups in total. The van der Waals surface area contributed by atoms with E-state index in [1.807, 2.05) is 12.1 Å². The predicted molar refractivity (Wildman–Crippen MR) is 106 cm³/mol. The monoisotopic (exact) mass is 363 g/mol. The van der Waals surface area contributed by atoms with Crippen molar-refractivity contribution in [3.05, 3.63) is 72.3 Å². The minimum Gasteiger partial charge on any atom is -0.496 e. The lowest BCUT2D eigenvalue weighted by Gasteiger charge is -2.34. The second-order valence-electron chi connectivity index (χ2n) is 6.87. The molecule has 1 fully saturated rings. The average molecular weight is 363 g/mol. The Morgan fingerprint density at radius 1 is 1.22 bits per heavy atom. The summed E-state index contributed by atoms with van der Waals surface area (Å²) in [5.74, 6) is 0.884. The van der Waals surface area contributed by atoms with Crippen LogP contribution in [0, 0.1) is 0 Å². The van der Waals surface area contributed by atoms with Gasteiger partial charge in [0.1, 0.15) is 17.7 Å². The minimum atomic E-state index is 0.324. The third-order valence-corrected chi connectivity index (χ3v) is 5.18. The highest BCUT2D eigenvalue weighted by molar-refractivity contribution is 5.61. The molecule has 2 aromatic carbocycles. The van der Waals surface area contributed by atoms with Crippen LogP contribution < -0.4 is 15.4 Å². The van der Waals surface area contributed by atoms with Crippen molar-refractivity contribution >= 4 is 0 Å². The summed E-state index contributed by atoms with van der Waals surface area (Å²) in [6.07, 6.45) is 5.44. The number of nitrogens with one attached hydrogen (secondary N) is 2. The van der Waals surface area contributed by atoms with Crippen molar-refractivity contribution in [1.82, 2.24) is 15.6 Å². The van der Waals surface area contributed by atoms with E-state index in [0.29, 0.717) is 12.1 Å². The Morgan fingerprint density at radius 2 is 2.11 bits per heavy atom. The first kappa shape index (κ1) is 17.8. The van der Waals surface area contributed by atoms with Gasteiger partial charge < -0.3 is 19.8 Å². The zero-order valence-corrected chi connectivity index (χ0v) is 15.5. The molecule has 1 aromatic heterocycles. The number of nitrogens with zero attached hydrogens (tertiary/aromatic N) is 1. The Morgan fingerprint density at radius 3 is 2.89 bits per heavy atom. The molecule has 27 heavy (non-hydrogen) atoms. The van der Waals surface area contributed by atoms with Gasteiger partial charge in [-0.2, -0.15) is 0 Å². The Kier molecular flexibility index (Phi) is 5.51. The first-order valence-electron chi connectivity index (χ1n) is 9.42. The molecule has 0 aliphatic carbocycles. The van der Waals surface area contributed by atoms with Crippen LogP contribution in [0.3, 0.4) is 0 Å². The van der Waals surface area contributed by atoms with Gasteiger partial charge in [-0.3, -0.25) is 0 Å². The Bertz CT molecular complexity index is 849. The fourth-order valence-electron chi connectivity index (χ4n) is 3.79. The van der Waals surface area contributed by atoms with Crippen molar-refractivity contribution < 1.29 is 9.15 Å². The van der Waals surface area contributed by atoms with Crippen LogP contribution in [0.5, 0.6) is 5.75 Å². The van der Waals surface area contributed by atoms with Gasteiger partial charge in [0, 0.05) is 29.8 Å². The van der Waals surface area contributed by atoms with Gasteiger partial charge in [-0.1, -0.05) is 30.3 Å². The van der Waals surface area contributed by atoms with Gasteiger partial charge in [0.05, 0.1) is 7.11 Å². The summed E-state index contributed by atoms with van der Waals surface area (Å²) in [5.41, 5.74) is 4.32. The van der Waals surface area contributed by atoms with E-state index in [1.54, 1.807) is 13.4 Å². The minimum absolute atomic E-state index is 0.324. The number of benzene rings is 2. The van der Waals surface area contributed by atoms with Crippen LogP contribution >= 0.6 is 0 Å². The van der Waals surface area contributed by atoms with E-state index in [4.69, 9.17) is 9.15 Å². The third-order valence-electron chi connectivity index (χ3n) is 5.18. The summed E-state index contributed by atoms with van der Waals surface area (Å²) in [5, 5.41) is 7.42. The highest BCUT2D eigenvalue weighted by atomic mass is 16.5. The lowest BCUT2D eigenvalue weighted by Crippen LogP contribution is -2.45. The van der Waals surface area contributed by atoms with Crippen LogP contribution in [0.2, 0.25) is 0 Å². The number of hydrogen-bond acceptors (Lipinski definition) is 5. The van der Waals surface area contributed by atoms with E-state index >= 15 is 0 Å². The smallest absolute Gasteiger partial charge is 0.181 e. The first-order chi connectivity index (χ1) is 13.3. The second-order valence-corrected chi connectivity index (χ2v) is 6.87. The SMILES string of the molecule is COc1ccc(-c2cocn2)cc1CN[C@H]1CCCN[C@H]1c1ccccc1. The summed E-state index contributed by atoms with van der Waals surface area (Å²) in [6.45, 7) is 1.80. The van der Waals surface area contributed by atoms with E-state index in [1.165, 1.54) is 18.4 Å². The molecule has 1 saturated heterocycles. The molecule has 140 valence electrons. The van der Waals surface area contributed by atoms with Crippen molar-refractivity contribution in [2.24, 2.45) is 0 Å². The maximum atomic E-state index is 5.57. The molecule has 1 aliphatic heterocycles. The molecule has 0 unspecified atom stereocenters. The lowest BCUT2D eigenvalue weighted by molar-refractivity contribution is 0.303. The van der Waals surface area contributed by atoms with Crippen molar-refractivity contribution in [2.75, 3.05) is 13.7 Å². The molecule has 3 aromatic rings. The molecule has 1 aliphatic rings. The Labute approximate surface area is 159 Å². The molecule has 2 atom stereocenters. The number of ether oxygens (including phenoxy) is 1. The molecule has 4 rings (SSSR count). The number of methoxy groups -OCH3 is 1. The number of oxazole rings is 1. The summed E-state index contributed by atoms with van der Waals surface area (Å²) in [4.78, 5) is 4.25. The van der Waals surface area contributed by atoms with Crippen LogP contribution in [0.15, 0.2) is 65.6 Å². The van der Waals surface area contributed by atoms with E-state index in [-0.39, 0.29) is 0 Å². The third kappa shape index (κ3) is 4.04. The number of rotatable bonds is 6. The van der Waals surface area contributed by atoms with Gasteiger partial charge in [0.2, 0.25) is 0 Å². The van der Waals surface area contributed by atoms with Crippen LogP contribution in [-0.2, 0) is 6.54 Å². The van der Waals surface area contributed by atoms with Crippen LogP contribution in [0.4, 0.5) is 0 Å². The average Bonchev–Trinajstić information content (AvgIpc) is 3.28. The van der Waals surface area contributed by atoms with Gasteiger partial charge in [-0.15, -0.1) is 0 Å². The second kappa shape index (κ2) is 8.37. The normalized spacial score (nSPS) is 19.7. The van der Waals surface area contributed by atoms with Crippen LogP contribution in [0.1, 0.15) is 30.0 Å². The first-order valence-corrected chi connectivity index (χ1v) is 9.42. The number of piperidine rings is 1. The van der Waals surface area contributed by atoms with Gasteiger partial charge in [0.15, 0.2) is 6.39 Å².